The van der Waals surface area contributed by atoms with Gasteiger partial charge in [-0.15, -0.1) is 0 Å². The summed E-state index contributed by atoms with van der Waals surface area (Å²) in [5, 5.41) is 0. The minimum atomic E-state index is -0.602. The molecule has 0 bridgehead atoms. The Labute approximate surface area is 186 Å². The zero-order valence-corrected chi connectivity index (χ0v) is 19.6. The predicted octanol–water partition coefficient (Wildman–Crippen LogP) is 7.41. The molecular weight excluding hydrogens is 414 g/mol. The highest BCUT2D eigenvalue weighted by molar-refractivity contribution is 7.97. The van der Waals surface area contributed by atoms with Crippen molar-refractivity contribution < 1.29 is 18.3 Å². The van der Waals surface area contributed by atoms with Gasteiger partial charge in [-0.3, -0.25) is 0 Å². The van der Waals surface area contributed by atoms with Gasteiger partial charge in [-0.05, 0) is 77.9 Å². The maximum absolute atomic E-state index is 14.5. The molecule has 164 valence electrons. The van der Waals surface area contributed by atoms with Crippen molar-refractivity contribution in [3.8, 4) is 11.5 Å². The lowest BCUT2D eigenvalue weighted by Gasteiger charge is -2.22. The van der Waals surface area contributed by atoms with Crippen molar-refractivity contribution in [2.75, 3.05) is 0 Å². The molecular formula is C26H29F2O2S+. The fourth-order valence-corrected chi connectivity index (χ4v) is 5.11. The molecule has 3 rings (SSSR count). The maximum Gasteiger partial charge on any atom is 0.170 e. The Kier molecular flexibility index (Phi) is 6.65. The Morgan fingerprint density at radius 3 is 1.39 bits per heavy atom. The van der Waals surface area contributed by atoms with Crippen molar-refractivity contribution in [1.82, 2.24) is 0 Å². The van der Waals surface area contributed by atoms with Gasteiger partial charge in [0.2, 0.25) is 0 Å². The van der Waals surface area contributed by atoms with E-state index in [4.69, 9.17) is 9.47 Å². The smallest absolute Gasteiger partial charge is 0.170 e. The molecule has 2 nitrogen and oxygen atoms in total. The third-order valence-corrected chi connectivity index (χ3v) is 6.28. The first-order chi connectivity index (χ1) is 14.4. The highest BCUT2D eigenvalue weighted by atomic mass is 32.2. The van der Waals surface area contributed by atoms with Gasteiger partial charge in [-0.1, -0.05) is 18.2 Å². The summed E-state index contributed by atoms with van der Waals surface area (Å²) in [7, 11) is -0.602. The third kappa shape index (κ3) is 6.23. The molecule has 0 radical (unpaired) electrons. The van der Waals surface area contributed by atoms with Gasteiger partial charge in [-0.2, -0.15) is 0 Å². The van der Waals surface area contributed by atoms with Gasteiger partial charge in [0.25, 0.3) is 0 Å². The van der Waals surface area contributed by atoms with E-state index in [0.29, 0.717) is 0 Å². The summed E-state index contributed by atoms with van der Waals surface area (Å²) in [5.41, 5.74) is -1.07. The number of hydrogen-bond donors (Lipinski definition) is 0. The number of hydrogen-bond acceptors (Lipinski definition) is 2. The maximum atomic E-state index is 14.5. The van der Waals surface area contributed by atoms with E-state index in [-0.39, 0.29) is 11.5 Å². The second-order valence-corrected chi connectivity index (χ2v) is 11.3. The first-order valence-electron chi connectivity index (χ1n) is 10.2. The fraction of sp³-hybridized carbons (Fsp3) is 0.308. The number of benzene rings is 3. The van der Waals surface area contributed by atoms with Gasteiger partial charge in [0.15, 0.2) is 37.8 Å². The third-order valence-electron chi connectivity index (χ3n) is 4.09. The van der Waals surface area contributed by atoms with Crippen LogP contribution in [0, 0.1) is 11.6 Å². The van der Waals surface area contributed by atoms with Crippen LogP contribution in [0.15, 0.2) is 81.4 Å². The molecule has 3 aromatic rings. The summed E-state index contributed by atoms with van der Waals surface area (Å²) < 4.78 is 40.7. The van der Waals surface area contributed by atoms with Crippen LogP contribution in [0.1, 0.15) is 41.5 Å². The lowest BCUT2D eigenvalue weighted by atomic mass is 10.2. The molecule has 0 saturated carbocycles. The second kappa shape index (κ2) is 8.91. The predicted molar refractivity (Wildman–Crippen MR) is 122 cm³/mol. The zero-order chi connectivity index (χ0) is 22.8. The van der Waals surface area contributed by atoms with Crippen molar-refractivity contribution in [2.45, 2.75) is 67.4 Å². The van der Waals surface area contributed by atoms with E-state index in [1.54, 1.807) is 24.3 Å². The molecule has 31 heavy (non-hydrogen) atoms. The van der Waals surface area contributed by atoms with Gasteiger partial charge in [0.1, 0.15) is 11.2 Å². The number of ether oxygens (including phenoxy) is 2. The Hall–Kier alpha value is -2.53. The van der Waals surface area contributed by atoms with E-state index in [9.17, 15) is 8.78 Å². The largest absolute Gasteiger partial charge is 0.485 e. The van der Waals surface area contributed by atoms with Crippen LogP contribution in [0.4, 0.5) is 8.78 Å². The molecule has 0 aliphatic rings. The van der Waals surface area contributed by atoms with Crippen molar-refractivity contribution in [3.63, 3.8) is 0 Å². The molecule has 0 heterocycles. The quantitative estimate of drug-likeness (QED) is 0.382. The lowest BCUT2D eigenvalue weighted by molar-refractivity contribution is 0.123. The van der Waals surface area contributed by atoms with Crippen LogP contribution < -0.4 is 9.47 Å². The molecule has 0 atom stereocenters. The number of halogens is 2. The van der Waals surface area contributed by atoms with E-state index < -0.39 is 33.7 Å². The van der Waals surface area contributed by atoms with Crippen molar-refractivity contribution in [1.29, 1.82) is 0 Å². The van der Waals surface area contributed by atoms with E-state index in [1.807, 2.05) is 71.9 Å². The first-order valence-corrected chi connectivity index (χ1v) is 11.4. The van der Waals surface area contributed by atoms with Crippen molar-refractivity contribution in [2.24, 2.45) is 0 Å². The Morgan fingerprint density at radius 2 is 1.00 bits per heavy atom. The molecule has 0 saturated heterocycles. The topological polar surface area (TPSA) is 18.5 Å². The average molecular weight is 444 g/mol. The number of rotatable bonds is 5. The van der Waals surface area contributed by atoms with Crippen LogP contribution in [0.5, 0.6) is 11.5 Å². The summed E-state index contributed by atoms with van der Waals surface area (Å²) >= 11 is 0. The van der Waals surface area contributed by atoms with E-state index in [2.05, 4.69) is 0 Å². The summed E-state index contributed by atoms with van der Waals surface area (Å²) in [6.07, 6.45) is 0. The molecule has 3 aromatic carbocycles. The summed E-state index contributed by atoms with van der Waals surface area (Å²) in [5.74, 6) is -0.421. The van der Waals surface area contributed by atoms with Crippen LogP contribution in [0.2, 0.25) is 0 Å². The molecule has 0 spiro atoms. The molecule has 0 fully saturated rings. The van der Waals surface area contributed by atoms with Crippen LogP contribution in [-0.2, 0) is 10.9 Å². The highest BCUT2D eigenvalue weighted by Crippen LogP contribution is 2.37. The van der Waals surface area contributed by atoms with Crippen LogP contribution in [0.25, 0.3) is 0 Å². The minimum Gasteiger partial charge on any atom is -0.485 e. The van der Waals surface area contributed by atoms with E-state index in [0.717, 1.165) is 14.7 Å². The zero-order valence-electron chi connectivity index (χ0n) is 18.8. The molecule has 0 unspecified atom stereocenters. The first kappa shape index (κ1) is 23.1. The van der Waals surface area contributed by atoms with Crippen LogP contribution in [0.3, 0.4) is 0 Å². The van der Waals surface area contributed by atoms with Gasteiger partial charge in [0, 0.05) is 12.1 Å². The lowest BCUT2D eigenvalue weighted by Crippen LogP contribution is -2.24. The molecule has 5 heteroatoms. The standard InChI is InChI=1S/C26H29F2O2S/c1-25(2,3)29-23-16-19(12-14-21(23)27)31(18-10-8-7-9-11-18)20-13-15-22(28)24(17-20)30-26(4,5)6/h7-17H,1-6H3/q+1. The van der Waals surface area contributed by atoms with Crippen LogP contribution in [-0.4, -0.2) is 11.2 Å². The highest BCUT2D eigenvalue weighted by Gasteiger charge is 2.32. The van der Waals surface area contributed by atoms with Crippen molar-refractivity contribution >= 4 is 10.9 Å². The van der Waals surface area contributed by atoms with Crippen LogP contribution >= 0.6 is 0 Å². The Balaban J connectivity index is 2.14. The van der Waals surface area contributed by atoms with E-state index >= 15 is 0 Å². The van der Waals surface area contributed by atoms with Gasteiger partial charge in [-0.25, -0.2) is 8.78 Å². The SMILES string of the molecule is CC(C)(C)Oc1cc([S+](c2ccccc2)c2ccc(F)c(OC(C)(C)C)c2)ccc1F. The monoisotopic (exact) mass is 443 g/mol. The van der Waals surface area contributed by atoms with Gasteiger partial charge < -0.3 is 9.47 Å². The summed E-state index contributed by atoms with van der Waals surface area (Å²) in [6.45, 7) is 11.3. The summed E-state index contributed by atoms with van der Waals surface area (Å²) in [6, 6.07) is 19.8. The molecule has 0 N–H and O–H groups in total. The van der Waals surface area contributed by atoms with E-state index in [1.165, 1.54) is 12.1 Å². The molecule has 0 aromatic heterocycles. The van der Waals surface area contributed by atoms with Crippen molar-refractivity contribution in [3.05, 3.63) is 78.4 Å². The minimum absolute atomic E-state index is 0.201. The summed E-state index contributed by atoms with van der Waals surface area (Å²) in [4.78, 5) is 2.78. The van der Waals surface area contributed by atoms with Gasteiger partial charge >= 0.3 is 0 Å². The fourth-order valence-electron chi connectivity index (χ4n) is 3.00. The molecule has 0 aliphatic heterocycles. The van der Waals surface area contributed by atoms with Gasteiger partial charge in [0.05, 0.1) is 10.9 Å². The molecule has 0 aliphatic carbocycles. The second-order valence-electron chi connectivity index (χ2n) is 9.23. The Bertz CT molecular complexity index is 972. The normalized spacial score (nSPS) is 12.2. The Morgan fingerprint density at radius 1 is 0.581 bits per heavy atom. The average Bonchev–Trinajstić information content (AvgIpc) is 2.66. The molecule has 0 amide bonds.